The third kappa shape index (κ3) is 9.91. The average molecular weight is 1040 g/mol. The number of benzene rings is 4. The summed E-state index contributed by atoms with van der Waals surface area (Å²) in [6.07, 6.45) is 20.6. The van der Waals surface area contributed by atoms with Gasteiger partial charge in [-0.15, -0.1) is 0 Å². The van der Waals surface area contributed by atoms with Crippen molar-refractivity contribution in [1.82, 2.24) is 23.3 Å². The zero-order valence-corrected chi connectivity index (χ0v) is 43.4. The molecule has 0 atom stereocenters. The van der Waals surface area contributed by atoms with Crippen LogP contribution in [0.3, 0.4) is 0 Å². The van der Waals surface area contributed by atoms with Gasteiger partial charge in [0.05, 0.1) is 49.0 Å². The molecular weight excluding hydrogens is 991 g/mol. The van der Waals surface area contributed by atoms with Gasteiger partial charge in [-0.05, 0) is 123 Å². The van der Waals surface area contributed by atoms with Crippen LogP contribution in [0.25, 0.3) is 22.3 Å². The lowest BCUT2D eigenvalue weighted by Crippen LogP contribution is -2.18. The fraction of sp³-hybridized carbons (Fsp3) is 0.0725. The molecule has 0 unspecified atom stereocenters. The summed E-state index contributed by atoms with van der Waals surface area (Å²) in [4.78, 5) is 66.0. The second kappa shape index (κ2) is 21.1. The molecule has 4 aliphatic rings. The van der Waals surface area contributed by atoms with Crippen molar-refractivity contribution < 1.29 is 0 Å². The number of hydrogen-bond acceptors (Lipinski definition) is 6. The number of H-pyrrole nitrogens is 1. The number of aromatic nitrogens is 5. The summed E-state index contributed by atoms with van der Waals surface area (Å²) in [6, 6.07) is 58.5. The monoisotopic (exact) mass is 1040 g/mol. The van der Waals surface area contributed by atoms with E-state index < -0.39 is 0 Å². The number of fused-ring (bicyclic) bond motifs is 6. The van der Waals surface area contributed by atoms with Gasteiger partial charge in [-0.1, -0.05) is 133 Å². The van der Waals surface area contributed by atoms with E-state index in [1.165, 1.54) is 0 Å². The maximum Gasteiger partial charge on any atom is 0.250 e. The van der Waals surface area contributed by atoms with Crippen molar-refractivity contribution in [1.29, 1.82) is 0 Å². The second-order valence-corrected chi connectivity index (χ2v) is 20.2. The van der Waals surface area contributed by atoms with Crippen molar-refractivity contribution >= 4 is 33.7 Å². The van der Waals surface area contributed by atoms with Gasteiger partial charge in [-0.3, -0.25) is 19.2 Å². The van der Waals surface area contributed by atoms with Crippen LogP contribution in [0.5, 0.6) is 0 Å². The molecule has 0 fully saturated rings. The Hall–Kier alpha value is -10.5. The molecule has 0 spiro atoms. The molecule has 13 rings (SSSR count). The molecule has 0 radical (unpaired) electrons. The van der Waals surface area contributed by atoms with Crippen molar-refractivity contribution in [3.63, 3.8) is 0 Å². The Morgan fingerprint density at radius 3 is 0.925 bits per heavy atom. The Bertz CT molecular complexity index is 4200. The van der Waals surface area contributed by atoms with Gasteiger partial charge in [0, 0.05) is 82.7 Å². The zero-order chi connectivity index (χ0) is 54.1. The van der Waals surface area contributed by atoms with E-state index in [2.05, 4.69) is 151 Å². The third-order valence-corrected chi connectivity index (χ3v) is 15.0. The molecule has 4 aromatic carbocycles. The molecule has 0 saturated heterocycles. The van der Waals surface area contributed by atoms with E-state index in [-0.39, 0.29) is 22.2 Å². The minimum Gasteiger partial charge on any atom is -0.354 e. The minimum atomic E-state index is -0.0639. The highest BCUT2D eigenvalue weighted by Gasteiger charge is 2.27. The molecule has 3 aliphatic heterocycles. The molecule has 0 saturated carbocycles. The first-order valence-electron chi connectivity index (χ1n) is 26.6. The van der Waals surface area contributed by atoms with Gasteiger partial charge >= 0.3 is 0 Å². The summed E-state index contributed by atoms with van der Waals surface area (Å²) >= 11 is 0. The summed E-state index contributed by atoms with van der Waals surface area (Å²) in [6.45, 7) is 1.74. The predicted molar refractivity (Wildman–Crippen MR) is 319 cm³/mol. The normalized spacial score (nSPS) is 14.7. The summed E-state index contributed by atoms with van der Waals surface area (Å²) in [5.74, 6) is 0. The quantitative estimate of drug-likeness (QED) is 0.131. The number of nitrogens with zero attached hydrogens (tertiary/aromatic N) is 6. The van der Waals surface area contributed by atoms with Crippen LogP contribution >= 0.6 is 0 Å². The largest absolute Gasteiger partial charge is 0.354 e. The highest BCUT2D eigenvalue weighted by atomic mass is 16.1. The van der Waals surface area contributed by atoms with E-state index in [9.17, 15) is 19.2 Å². The average Bonchev–Trinajstić information content (AvgIpc) is 4.39. The van der Waals surface area contributed by atoms with Crippen molar-refractivity contribution in [3.05, 3.63) is 363 Å². The third-order valence-electron chi connectivity index (χ3n) is 15.0. The molecule has 11 heteroatoms. The SMILES string of the molecule is O=c1ccccn1Cc1ccc(C2=C3C=CC(=C(c4ccc(Cn5ccccc5=O)cc4)C4=NC(=C(c5ccc(Cn6ccccc6=O)cc5)c5ccc([nH]5)C(c5ccc(Cn6ccccc6=O)cc5)=C5C=CC2=N5)C=C4)C3)cc1. The smallest absolute Gasteiger partial charge is 0.250 e. The highest BCUT2D eigenvalue weighted by molar-refractivity contribution is 6.34. The van der Waals surface area contributed by atoms with Crippen LogP contribution < -0.4 is 22.2 Å². The topological polar surface area (TPSA) is 129 Å². The first-order chi connectivity index (χ1) is 39.2. The molecule has 1 aliphatic carbocycles. The molecular formula is C69H51N7O4. The van der Waals surface area contributed by atoms with Gasteiger partial charge in [0.1, 0.15) is 0 Å². The zero-order valence-electron chi connectivity index (χ0n) is 43.4. The molecule has 80 heavy (non-hydrogen) atoms. The Labute approximate surface area is 460 Å². The van der Waals surface area contributed by atoms with Gasteiger partial charge in [0.25, 0.3) is 22.2 Å². The fourth-order valence-corrected chi connectivity index (χ4v) is 11.0. The molecule has 8 bridgehead atoms. The minimum absolute atomic E-state index is 0.0590. The van der Waals surface area contributed by atoms with Crippen LogP contribution in [-0.2, 0) is 26.2 Å². The molecule has 1 N–H and O–H groups in total. The fourth-order valence-electron chi connectivity index (χ4n) is 11.0. The van der Waals surface area contributed by atoms with Gasteiger partial charge in [-0.2, -0.15) is 0 Å². The number of aliphatic imine (C=N–C) groups is 2. The Morgan fingerprint density at radius 2 is 0.625 bits per heavy atom. The number of rotatable bonds is 12. The molecule has 9 aromatic rings. The Kier molecular flexibility index (Phi) is 13.0. The molecule has 0 amide bonds. The lowest BCUT2D eigenvalue weighted by Gasteiger charge is -2.15. The second-order valence-electron chi connectivity index (χ2n) is 20.2. The maximum absolute atomic E-state index is 12.7. The summed E-state index contributed by atoms with van der Waals surface area (Å²) < 4.78 is 6.80. The first-order valence-corrected chi connectivity index (χ1v) is 26.6. The van der Waals surface area contributed by atoms with Crippen LogP contribution in [0.15, 0.2) is 295 Å². The Morgan fingerprint density at radius 1 is 0.325 bits per heavy atom. The van der Waals surface area contributed by atoms with E-state index in [0.29, 0.717) is 32.6 Å². The standard InChI is InChI=1S/C69H51N7O4/c77-62-9-1-5-37-73(62)42-46-13-21-50(22-14-46)66-54-29-30-55(41-54)67(51-23-15-47(16-24-51)43-74-38-6-2-10-63(74)78)57-32-34-59(71-57)69(53-27-19-49(20-28-53)45-76-40-8-4-12-65(76)80)61-36-35-60(72-61)68(58-33-31-56(66)70-58)52-25-17-48(18-26-52)44-75-39-7-3-11-64(75)79/h1-40,72H,41-45H2. The van der Waals surface area contributed by atoms with Crippen LogP contribution in [-0.4, -0.2) is 34.7 Å². The van der Waals surface area contributed by atoms with E-state index >= 15 is 0 Å². The number of allylic oxidation sites excluding steroid dienone is 10. The van der Waals surface area contributed by atoms with E-state index in [4.69, 9.17) is 9.98 Å². The number of nitrogens with one attached hydrogen (secondary N) is 1. The van der Waals surface area contributed by atoms with E-state index in [1.807, 2.05) is 36.7 Å². The lowest BCUT2D eigenvalue weighted by atomic mass is 9.91. The van der Waals surface area contributed by atoms with Gasteiger partial charge < -0.3 is 23.3 Å². The van der Waals surface area contributed by atoms with Gasteiger partial charge in [0.2, 0.25) is 0 Å². The summed E-state index contributed by atoms with van der Waals surface area (Å²) in [5, 5.41) is 0. The highest BCUT2D eigenvalue weighted by Crippen LogP contribution is 2.41. The summed E-state index contributed by atoms with van der Waals surface area (Å²) in [7, 11) is 0. The van der Waals surface area contributed by atoms with Gasteiger partial charge in [0.15, 0.2) is 0 Å². The lowest BCUT2D eigenvalue weighted by molar-refractivity contribution is 0.759. The van der Waals surface area contributed by atoms with Crippen LogP contribution in [0.1, 0.15) is 62.3 Å². The van der Waals surface area contributed by atoms with Gasteiger partial charge in [-0.25, -0.2) is 9.98 Å². The number of pyridine rings is 4. The van der Waals surface area contributed by atoms with Crippen molar-refractivity contribution in [2.75, 3.05) is 0 Å². The van der Waals surface area contributed by atoms with Crippen molar-refractivity contribution in [2.45, 2.75) is 32.6 Å². The van der Waals surface area contributed by atoms with Crippen LogP contribution in [0.4, 0.5) is 0 Å². The van der Waals surface area contributed by atoms with Crippen molar-refractivity contribution in [2.24, 2.45) is 9.98 Å². The number of aromatic amines is 1. The molecule has 5 aromatic heterocycles. The maximum atomic E-state index is 12.7. The Balaban J connectivity index is 0.986. The predicted octanol–water partition coefficient (Wildman–Crippen LogP) is 11.3. The molecule has 11 nitrogen and oxygen atoms in total. The number of hydrogen-bond donors (Lipinski definition) is 1. The molecule has 8 heterocycles. The van der Waals surface area contributed by atoms with Crippen molar-refractivity contribution in [3.8, 4) is 0 Å². The summed E-state index contributed by atoms with van der Waals surface area (Å²) in [5.41, 5.74) is 18.4. The van der Waals surface area contributed by atoms with Crippen LogP contribution in [0.2, 0.25) is 0 Å². The van der Waals surface area contributed by atoms with E-state index in [0.717, 1.165) is 112 Å². The first kappa shape index (κ1) is 49.1. The van der Waals surface area contributed by atoms with E-state index in [1.54, 1.807) is 79.2 Å². The molecule has 386 valence electrons. The van der Waals surface area contributed by atoms with Crippen LogP contribution in [0, 0.1) is 0 Å².